The molecule has 0 spiro atoms. The highest BCUT2D eigenvalue weighted by molar-refractivity contribution is 9.11. The van der Waals surface area contributed by atoms with Gasteiger partial charge in [-0.3, -0.25) is 0 Å². The topological polar surface area (TPSA) is 27.7 Å². The minimum absolute atomic E-state index is 0.273. The van der Waals surface area contributed by atoms with E-state index in [0.29, 0.717) is 19.1 Å². The first-order valence-corrected chi connectivity index (χ1v) is 8.77. The van der Waals surface area contributed by atoms with Crippen molar-refractivity contribution in [1.29, 1.82) is 0 Å². The van der Waals surface area contributed by atoms with Gasteiger partial charge in [0.1, 0.15) is 0 Å². The smallest absolute Gasteiger partial charge is 0.162 e. The highest BCUT2D eigenvalue weighted by Crippen LogP contribution is 2.44. The second kappa shape index (κ2) is 6.67. The molecule has 2 heterocycles. The zero-order valence-electron chi connectivity index (χ0n) is 11.2. The molecule has 3 nitrogen and oxygen atoms in total. The second-order valence-electron chi connectivity index (χ2n) is 5.25. The summed E-state index contributed by atoms with van der Waals surface area (Å²) < 4.78 is 18.2. The van der Waals surface area contributed by atoms with Gasteiger partial charge < -0.3 is 14.2 Å². The molecule has 5 heteroatoms. The Morgan fingerprint density at radius 3 is 2.50 bits per heavy atom. The molecule has 0 amide bonds. The maximum Gasteiger partial charge on any atom is 0.162 e. The lowest BCUT2D eigenvalue weighted by Crippen LogP contribution is -2.21. The van der Waals surface area contributed by atoms with Gasteiger partial charge >= 0.3 is 0 Å². The fourth-order valence-corrected chi connectivity index (χ4v) is 4.33. The molecule has 2 unspecified atom stereocenters. The van der Waals surface area contributed by atoms with Gasteiger partial charge in [0.25, 0.3) is 0 Å². The molecule has 0 aromatic heterocycles. The predicted molar refractivity (Wildman–Crippen MR) is 85.0 cm³/mol. The third-order valence-corrected chi connectivity index (χ3v) is 5.70. The molecule has 0 N–H and O–H groups in total. The minimum Gasteiger partial charge on any atom is -0.490 e. The average molecular weight is 406 g/mol. The predicted octanol–water partition coefficient (Wildman–Crippen LogP) is 4.47. The zero-order valence-corrected chi connectivity index (χ0v) is 14.4. The molecule has 1 saturated heterocycles. The first kappa shape index (κ1) is 14.7. The molecule has 2 atom stereocenters. The van der Waals surface area contributed by atoms with Gasteiger partial charge in [-0.1, -0.05) is 31.9 Å². The Morgan fingerprint density at radius 1 is 1.05 bits per heavy atom. The van der Waals surface area contributed by atoms with E-state index in [0.717, 1.165) is 42.0 Å². The number of alkyl halides is 1. The summed E-state index contributed by atoms with van der Waals surface area (Å²) in [6.07, 6.45) is 3.25. The van der Waals surface area contributed by atoms with Gasteiger partial charge in [0.2, 0.25) is 0 Å². The summed E-state index contributed by atoms with van der Waals surface area (Å²) in [5.41, 5.74) is 1.21. The molecule has 0 bridgehead atoms. The van der Waals surface area contributed by atoms with Gasteiger partial charge in [-0.15, -0.1) is 0 Å². The van der Waals surface area contributed by atoms with Crippen LogP contribution in [0.2, 0.25) is 0 Å². The van der Waals surface area contributed by atoms with Crippen LogP contribution in [-0.2, 0) is 4.74 Å². The molecule has 110 valence electrons. The third-order valence-electron chi connectivity index (χ3n) is 3.77. The van der Waals surface area contributed by atoms with E-state index in [4.69, 9.17) is 14.2 Å². The Labute approximate surface area is 136 Å². The van der Waals surface area contributed by atoms with Crippen LogP contribution in [0.15, 0.2) is 16.6 Å². The van der Waals surface area contributed by atoms with E-state index in [2.05, 4.69) is 37.9 Å². The van der Waals surface area contributed by atoms with Crippen LogP contribution < -0.4 is 9.47 Å². The van der Waals surface area contributed by atoms with E-state index in [9.17, 15) is 0 Å². The van der Waals surface area contributed by atoms with Crippen molar-refractivity contribution in [2.24, 2.45) is 5.92 Å². The van der Waals surface area contributed by atoms with Gasteiger partial charge in [-0.05, 0) is 36.5 Å². The molecular formula is C15H18Br2O3. The van der Waals surface area contributed by atoms with E-state index >= 15 is 0 Å². The van der Waals surface area contributed by atoms with Crippen molar-refractivity contribution in [1.82, 2.24) is 0 Å². The molecule has 3 rings (SSSR count). The first-order chi connectivity index (χ1) is 9.75. The number of benzene rings is 1. The molecule has 0 radical (unpaired) electrons. The van der Waals surface area contributed by atoms with Crippen LogP contribution in [0, 0.1) is 5.92 Å². The number of halogens is 2. The van der Waals surface area contributed by atoms with Gasteiger partial charge in [0, 0.05) is 22.3 Å². The quantitative estimate of drug-likeness (QED) is 0.679. The van der Waals surface area contributed by atoms with Crippen molar-refractivity contribution in [2.75, 3.05) is 26.4 Å². The number of fused-ring (bicyclic) bond motifs is 1. The molecular weight excluding hydrogens is 388 g/mol. The fourth-order valence-electron chi connectivity index (χ4n) is 2.66. The largest absolute Gasteiger partial charge is 0.490 e. The third kappa shape index (κ3) is 3.15. The van der Waals surface area contributed by atoms with Crippen molar-refractivity contribution < 1.29 is 14.2 Å². The lowest BCUT2D eigenvalue weighted by molar-refractivity contribution is 0.0545. The zero-order chi connectivity index (χ0) is 13.9. The summed E-state index contributed by atoms with van der Waals surface area (Å²) in [7, 11) is 0. The van der Waals surface area contributed by atoms with Crippen molar-refractivity contribution in [3.63, 3.8) is 0 Å². The lowest BCUT2D eigenvalue weighted by Gasteiger charge is -2.27. The number of ether oxygens (including phenoxy) is 3. The average Bonchev–Trinajstić information content (AvgIpc) is 2.71. The summed E-state index contributed by atoms with van der Waals surface area (Å²) in [6.45, 7) is 3.13. The van der Waals surface area contributed by atoms with E-state index < -0.39 is 0 Å². The Hall–Kier alpha value is -0.260. The number of rotatable bonds is 2. The summed E-state index contributed by atoms with van der Waals surface area (Å²) in [5, 5.41) is 0. The maximum absolute atomic E-state index is 5.78. The highest BCUT2D eigenvalue weighted by atomic mass is 79.9. The number of hydrogen-bond donors (Lipinski definition) is 0. The van der Waals surface area contributed by atoms with Crippen LogP contribution in [0.5, 0.6) is 11.5 Å². The molecule has 1 aromatic rings. The van der Waals surface area contributed by atoms with Crippen molar-refractivity contribution in [2.45, 2.75) is 24.1 Å². The molecule has 1 aromatic carbocycles. The molecule has 20 heavy (non-hydrogen) atoms. The van der Waals surface area contributed by atoms with E-state index in [-0.39, 0.29) is 4.83 Å². The number of hydrogen-bond acceptors (Lipinski definition) is 3. The minimum atomic E-state index is 0.273. The van der Waals surface area contributed by atoms with Crippen molar-refractivity contribution in [3.05, 3.63) is 22.2 Å². The van der Waals surface area contributed by atoms with Crippen molar-refractivity contribution in [3.8, 4) is 11.5 Å². The van der Waals surface area contributed by atoms with Crippen LogP contribution in [0.25, 0.3) is 0 Å². The second-order valence-corrected chi connectivity index (χ2v) is 7.09. The molecule has 1 fully saturated rings. The van der Waals surface area contributed by atoms with Gasteiger partial charge in [-0.2, -0.15) is 0 Å². The summed E-state index contributed by atoms with van der Waals surface area (Å²) in [4.78, 5) is 0.273. The maximum atomic E-state index is 5.78. The monoisotopic (exact) mass is 404 g/mol. The molecule has 2 aliphatic heterocycles. The van der Waals surface area contributed by atoms with E-state index in [1.807, 2.05) is 6.07 Å². The van der Waals surface area contributed by atoms with Crippen LogP contribution in [0.1, 0.15) is 29.7 Å². The normalized spacial score (nSPS) is 24.0. The first-order valence-electron chi connectivity index (χ1n) is 7.06. The highest BCUT2D eigenvalue weighted by Gasteiger charge is 2.26. The van der Waals surface area contributed by atoms with E-state index in [1.54, 1.807) is 0 Å². The Balaban J connectivity index is 1.86. The lowest BCUT2D eigenvalue weighted by atomic mass is 9.94. The van der Waals surface area contributed by atoms with E-state index in [1.165, 1.54) is 12.0 Å². The Kier molecular flexibility index (Phi) is 4.89. The van der Waals surface area contributed by atoms with Crippen LogP contribution in [-0.4, -0.2) is 26.4 Å². The Morgan fingerprint density at radius 2 is 1.80 bits per heavy atom. The van der Waals surface area contributed by atoms with Gasteiger partial charge in [-0.25, -0.2) is 0 Å². The Bertz CT molecular complexity index is 472. The van der Waals surface area contributed by atoms with Gasteiger partial charge in [0.15, 0.2) is 11.5 Å². The molecule has 0 aliphatic carbocycles. The summed E-state index contributed by atoms with van der Waals surface area (Å²) >= 11 is 7.50. The summed E-state index contributed by atoms with van der Waals surface area (Å²) in [5.74, 6) is 2.18. The van der Waals surface area contributed by atoms with Crippen LogP contribution in [0.3, 0.4) is 0 Å². The van der Waals surface area contributed by atoms with Crippen LogP contribution >= 0.6 is 31.9 Å². The van der Waals surface area contributed by atoms with Crippen molar-refractivity contribution >= 4 is 31.9 Å². The van der Waals surface area contributed by atoms with Crippen LogP contribution in [0.4, 0.5) is 0 Å². The fraction of sp³-hybridized carbons (Fsp3) is 0.600. The summed E-state index contributed by atoms with van der Waals surface area (Å²) in [6, 6.07) is 4.12. The molecule has 0 saturated carbocycles. The van der Waals surface area contributed by atoms with Gasteiger partial charge in [0.05, 0.1) is 19.8 Å². The molecule has 2 aliphatic rings. The standard InChI is InChI=1S/C15H18Br2O3/c16-12-8-14-13(19-5-2-6-20-14)7-11(12)15(17)10-3-1-4-18-9-10/h7-8,10,15H,1-6,9H2. The SMILES string of the molecule is Brc1cc2c(cc1C(Br)C1CCCOC1)OCCCO2.